The van der Waals surface area contributed by atoms with Crippen LogP contribution in [0.1, 0.15) is 55.2 Å². The molecule has 2 aromatic heterocycles. The van der Waals surface area contributed by atoms with E-state index in [4.69, 9.17) is 4.74 Å². The largest absolute Gasteiger partial charge is 0.492 e. The van der Waals surface area contributed by atoms with Crippen molar-refractivity contribution in [2.24, 2.45) is 12.0 Å². The van der Waals surface area contributed by atoms with Gasteiger partial charge in [0.1, 0.15) is 20.5 Å². The number of rotatable bonds is 8. The van der Waals surface area contributed by atoms with Gasteiger partial charge in [-0.1, -0.05) is 13.3 Å². The summed E-state index contributed by atoms with van der Waals surface area (Å²) in [5.74, 6) is 0.0939. The zero-order valence-corrected chi connectivity index (χ0v) is 21.9. The number of aliphatic imine (C=N–C) groups is 1. The van der Waals surface area contributed by atoms with Gasteiger partial charge in [0, 0.05) is 45.3 Å². The van der Waals surface area contributed by atoms with E-state index in [-0.39, 0.29) is 10.0 Å². The Morgan fingerprint density at radius 2 is 1.88 bits per heavy atom. The molecule has 2 aromatic rings. The molecule has 1 radical (unpaired) electrons. The molecule has 1 fully saturated rings. The molecule has 0 unspecified atom stereocenters. The number of fused-ring (bicyclic) bond motifs is 1. The molecule has 1 amide bonds. The van der Waals surface area contributed by atoms with Gasteiger partial charge in [-0.25, -0.2) is 13.4 Å². The van der Waals surface area contributed by atoms with Gasteiger partial charge in [-0.05, 0) is 27.2 Å². The standard InChI is InChI=1S/C22H31N6O4S2/c1-6-8-15-18-19(26(5)25-15)22(29)24-21(23-18)20-16(32-7-2)13-17(33-20)34(30,31)28-11-9-27(10-12-28)14(3)4/h13-14H,6-12H2,1-5H3. The molecule has 34 heavy (non-hydrogen) atoms. The maximum atomic E-state index is 13.4. The van der Waals surface area contributed by atoms with Gasteiger partial charge < -0.3 is 4.74 Å². The van der Waals surface area contributed by atoms with E-state index in [2.05, 4.69) is 34.2 Å². The fourth-order valence-corrected chi connectivity index (χ4v) is 7.11. The molecule has 0 N–H and O–H groups in total. The number of nitrogens with zero attached hydrogens (tertiary/aromatic N) is 6. The lowest BCUT2D eigenvalue weighted by Gasteiger charge is -2.35. The maximum Gasteiger partial charge on any atom is 0.299 e. The van der Waals surface area contributed by atoms with Crippen LogP contribution < -0.4 is 10.1 Å². The Morgan fingerprint density at radius 1 is 1.18 bits per heavy atom. The number of thiophene rings is 1. The van der Waals surface area contributed by atoms with Crippen LogP contribution in [-0.2, 0) is 23.5 Å². The van der Waals surface area contributed by atoms with E-state index in [0.717, 1.165) is 23.5 Å². The van der Waals surface area contributed by atoms with Crippen molar-refractivity contribution in [3.63, 3.8) is 0 Å². The second-order valence-corrected chi connectivity index (χ2v) is 11.8. The molecular formula is C22H31N6O4S2. The summed E-state index contributed by atoms with van der Waals surface area (Å²) in [7, 11) is -2.01. The molecule has 4 rings (SSSR count). The second kappa shape index (κ2) is 9.76. The number of piperazine rings is 1. The molecule has 0 spiro atoms. The summed E-state index contributed by atoms with van der Waals surface area (Å²) in [6, 6.07) is 1.91. The monoisotopic (exact) mass is 507 g/mol. The van der Waals surface area contributed by atoms with E-state index in [1.807, 2.05) is 13.8 Å². The highest BCUT2D eigenvalue weighted by Gasteiger charge is 2.35. The summed E-state index contributed by atoms with van der Waals surface area (Å²) in [4.78, 5) is 20.2. The minimum Gasteiger partial charge on any atom is -0.492 e. The molecule has 0 aromatic carbocycles. The van der Waals surface area contributed by atoms with E-state index < -0.39 is 15.9 Å². The molecule has 0 saturated carbocycles. The highest BCUT2D eigenvalue weighted by atomic mass is 32.2. The number of aryl methyl sites for hydroxylation is 2. The SMILES string of the molecule is CCCc1nn(C)c2c1N=C(c1sc(S(=O)(=O)N3CCN(C(C)C)CC3)cc1OCC)[N]C2=O. The first-order chi connectivity index (χ1) is 16.2. The van der Waals surface area contributed by atoms with Gasteiger partial charge in [-0.2, -0.15) is 14.7 Å². The van der Waals surface area contributed by atoms with E-state index in [1.165, 1.54) is 15.1 Å². The number of aromatic nitrogens is 2. The highest BCUT2D eigenvalue weighted by Crippen LogP contribution is 2.38. The van der Waals surface area contributed by atoms with Gasteiger partial charge in [0.15, 0.2) is 11.5 Å². The summed E-state index contributed by atoms with van der Waals surface area (Å²) < 4.78 is 35.8. The number of carbonyl (C=O) groups is 1. The number of hydrogen-bond donors (Lipinski definition) is 0. The molecule has 185 valence electrons. The van der Waals surface area contributed by atoms with Crippen molar-refractivity contribution < 1.29 is 17.9 Å². The third-order valence-corrected chi connectivity index (χ3v) is 9.44. The maximum absolute atomic E-state index is 13.4. The Balaban J connectivity index is 1.70. The zero-order valence-electron chi connectivity index (χ0n) is 20.2. The summed E-state index contributed by atoms with van der Waals surface area (Å²) in [6.07, 6.45) is 1.53. The van der Waals surface area contributed by atoms with Crippen molar-refractivity contribution in [3.8, 4) is 5.75 Å². The highest BCUT2D eigenvalue weighted by molar-refractivity contribution is 7.91. The van der Waals surface area contributed by atoms with Crippen LogP contribution in [0.5, 0.6) is 5.75 Å². The predicted octanol–water partition coefficient (Wildman–Crippen LogP) is 2.38. The number of amidine groups is 1. The molecule has 0 aliphatic carbocycles. The van der Waals surface area contributed by atoms with Crippen LogP contribution in [0.2, 0.25) is 0 Å². The number of sulfonamides is 1. The lowest BCUT2D eigenvalue weighted by Crippen LogP contribution is -2.50. The van der Waals surface area contributed by atoms with Crippen molar-refractivity contribution in [3.05, 3.63) is 22.3 Å². The Morgan fingerprint density at radius 3 is 2.50 bits per heavy atom. The van der Waals surface area contributed by atoms with Crippen LogP contribution >= 0.6 is 11.3 Å². The summed E-state index contributed by atoms with van der Waals surface area (Å²) in [6.45, 7) is 10.7. The first kappa shape index (κ1) is 24.8. The van der Waals surface area contributed by atoms with Crippen molar-refractivity contribution in [1.29, 1.82) is 0 Å². The molecule has 10 nitrogen and oxygen atoms in total. The summed E-state index contributed by atoms with van der Waals surface area (Å²) in [5, 5.41) is 8.61. The number of amides is 1. The number of carbonyl (C=O) groups excluding carboxylic acids is 1. The van der Waals surface area contributed by atoms with Crippen LogP contribution in [-0.4, -0.2) is 78.0 Å². The van der Waals surface area contributed by atoms with Crippen LogP contribution in [0.4, 0.5) is 5.69 Å². The van der Waals surface area contributed by atoms with Crippen LogP contribution in [0.3, 0.4) is 0 Å². The van der Waals surface area contributed by atoms with Crippen LogP contribution in [0, 0.1) is 0 Å². The van der Waals surface area contributed by atoms with Crippen LogP contribution in [0.25, 0.3) is 0 Å². The number of ether oxygens (including phenoxy) is 1. The Hall–Kier alpha value is -2.28. The molecule has 4 heterocycles. The fraction of sp³-hybridized carbons (Fsp3) is 0.591. The van der Waals surface area contributed by atoms with Crippen molar-refractivity contribution in [1.82, 2.24) is 24.3 Å². The third kappa shape index (κ3) is 4.51. The van der Waals surface area contributed by atoms with Gasteiger partial charge in [0.2, 0.25) is 0 Å². The molecule has 0 bridgehead atoms. The van der Waals surface area contributed by atoms with E-state index >= 15 is 0 Å². The van der Waals surface area contributed by atoms with E-state index in [0.29, 0.717) is 67.3 Å². The Bertz CT molecular complexity index is 1210. The molecule has 2 aliphatic heterocycles. The van der Waals surface area contributed by atoms with Crippen LogP contribution in [0.15, 0.2) is 15.3 Å². The van der Waals surface area contributed by atoms with Gasteiger partial charge in [0.25, 0.3) is 15.9 Å². The minimum atomic E-state index is -3.71. The first-order valence-electron chi connectivity index (χ1n) is 11.6. The first-order valence-corrected chi connectivity index (χ1v) is 13.8. The van der Waals surface area contributed by atoms with Gasteiger partial charge in [-0.15, -0.1) is 11.3 Å². The zero-order chi connectivity index (χ0) is 24.6. The molecular weight excluding hydrogens is 476 g/mol. The lowest BCUT2D eigenvalue weighted by atomic mass is 10.1. The van der Waals surface area contributed by atoms with Gasteiger partial charge in [0.05, 0.1) is 12.3 Å². The second-order valence-electron chi connectivity index (χ2n) is 8.60. The smallest absolute Gasteiger partial charge is 0.299 e. The van der Waals surface area contributed by atoms with Gasteiger partial charge >= 0.3 is 0 Å². The number of hydrogen-bond acceptors (Lipinski definition) is 8. The Kier molecular flexibility index (Phi) is 7.13. The summed E-state index contributed by atoms with van der Waals surface area (Å²) >= 11 is 1.04. The lowest BCUT2D eigenvalue weighted by molar-refractivity contribution is 0.0963. The topological polar surface area (TPSA) is 111 Å². The fourth-order valence-electron chi connectivity index (χ4n) is 4.20. The molecule has 0 atom stereocenters. The third-order valence-electron chi connectivity index (χ3n) is 5.98. The quantitative estimate of drug-likeness (QED) is 0.542. The Labute approximate surface area is 204 Å². The van der Waals surface area contributed by atoms with E-state index in [1.54, 1.807) is 7.05 Å². The molecule has 12 heteroatoms. The predicted molar refractivity (Wildman–Crippen MR) is 131 cm³/mol. The molecule has 2 aliphatic rings. The average Bonchev–Trinajstić information content (AvgIpc) is 3.36. The van der Waals surface area contributed by atoms with Crippen molar-refractivity contribution in [2.75, 3.05) is 32.8 Å². The van der Waals surface area contributed by atoms with Gasteiger partial charge in [-0.3, -0.25) is 14.4 Å². The van der Waals surface area contributed by atoms with E-state index in [9.17, 15) is 13.2 Å². The van der Waals surface area contributed by atoms with Crippen molar-refractivity contribution >= 4 is 38.8 Å². The van der Waals surface area contributed by atoms with Crippen molar-refractivity contribution in [2.45, 2.75) is 50.8 Å². The minimum absolute atomic E-state index is 0.167. The summed E-state index contributed by atoms with van der Waals surface area (Å²) in [5.41, 5.74) is 1.58. The molecule has 1 saturated heterocycles. The normalized spacial score (nSPS) is 17.6. The average molecular weight is 508 g/mol.